The minimum atomic E-state index is -0.794. The zero-order chi connectivity index (χ0) is 13.5. The Balaban J connectivity index is 2.18. The molecule has 1 heterocycles. The standard InChI is InChI=1S/C12H22N2O4/c1-9-7-14(8-10(2)18-9)12(17)13-6-4-3-5-11(15)16/h9-10H,3-8H2,1-2H3,(H,13,17)(H,15,16)/t9-,10+. The van der Waals surface area contributed by atoms with E-state index < -0.39 is 5.97 Å². The van der Waals surface area contributed by atoms with Gasteiger partial charge in [-0.1, -0.05) is 0 Å². The minimum Gasteiger partial charge on any atom is -0.481 e. The number of urea groups is 1. The van der Waals surface area contributed by atoms with Crippen molar-refractivity contribution in [1.29, 1.82) is 0 Å². The summed E-state index contributed by atoms with van der Waals surface area (Å²) in [6.07, 6.45) is 1.55. The average molecular weight is 258 g/mol. The lowest BCUT2D eigenvalue weighted by molar-refractivity contribution is -0.137. The topological polar surface area (TPSA) is 78.9 Å². The minimum absolute atomic E-state index is 0.0616. The quantitative estimate of drug-likeness (QED) is 0.723. The second-order valence-corrected chi connectivity index (χ2v) is 4.75. The molecule has 0 bridgehead atoms. The number of amides is 2. The molecule has 1 rings (SSSR count). The number of hydrogen-bond acceptors (Lipinski definition) is 3. The number of nitrogens with one attached hydrogen (secondary N) is 1. The summed E-state index contributed by atoms with van der Waals surface area (Å²) in [5.41, 5.74) is 0. The Kier molecular flexibility index (Phi) is 5.91. The van der Waals surface area contributed by atoms with Gasteiger partial charge in [0.15, 0.2) is 0 Å². The van der Waals surface area contributed by atoms with Crippen LogP contribution in [0.1, 0.15) is 33.1 Å². The van der Waals surface area contributed by atoms with Gasteiger partial charge in [0, 0.05) is 26.1 Å². The Hall–Kier alpha value is -1.30. The molecule has 0 aliphatic carbocycles. The molecule has 0 radical (unpaired) electrons. The van der Waals surface area contributed by atoms with Crippen molar-refractivity contribution in [3.63, 3.8) is 0 Å². The van der Waals surface area contributed by atoms with Crippen molar-refractivity contribution in [2.24, 2.45) is 0 Å². The summed E-state index contributed by atoms with van der Waals surface area (Å²) < 4.78 is 5.55. The molecule has 104 valence electrons. The fourth-order valence-electron chi connectivity index (χ4n) is 2.05. The zero-order valence-electron chi connectivity index (χ0n) is 11.0. The van der Waals surface area contributed by atoms with Gasteiger partial charge in [0.2, 0.25) is 0 Å². The van der Waals surface area contributed by atoms with E-state index in [0.717, 1.165) is 0 Å². The SMILES string of the molecule is C[C@@H]1CN(C(=O)NCCCCC(=O)O)C[C@H](C)O1. The van der Waals surface area contributed by atoms with E-state index in [2.05, 4.69) is 5.32 Å². The highest BCUT2D eigenvalue weighted by atomic mass is 16.5. The van der Waals surface area contributed by atoms with E-state index in [1.807, 2.05) is 13.8 Å². The summed E-state index contributed by atoms with van der Waals surface area (Å²) in [5, 5.41) is 11.3. The summed E-state index contributed by atoms with van der Waals surface area (Å²) in [4.78, 5) is 23.9. The molecular formula is C12H22N2O4. The summed E-state index contributed by atoms with van der Waals surface area (Å²) >= 11 is 0. The fraction of sp³-hybridized carbons (Fsp3) is 0.833. The summed E-state index contributed by atoms with van der Waals surface area (Å²) in [6.45, 7) is 5.62. The molecule has 0 unspecified atom stereocenters. The Morgan fingerprint density at radius 2 is 1.89 bits per heavy atom. The van der Waals surface area contributed by atoms with Gasteiger partial charge in [0.25, 0.3) is 0 Å². The Morgan fingerprint density at radius 1 is 1.28 bits per heavy atom. The number of carboxylic acids is 1. The number of aliphatic carboxylic acids is 1. The predicted molar refractivity (Wildman–Crippen MR) is 66.5 cm³/mol. The second kappa shape index (κ2) is 7.20. The molecule has 6 heteroatoms. The van der Waals surface area contributed by atoms with Gasteiger partial charge in [-0.3, -0.25) is 4.79 Å². The van der Waals surface area contributed by atoms with Crippen molar-refractivity contribution in [3.05, 3.63) is 0 Å². The van der Waals surface area contributed by atoms with E-state index in [9.17, 15) is 9.59 Å². The highest BCUT2D eigenvalue weighted by molar-refractivity contribution is 5.74. The third-order valence-corrected chi connectivity index (χ3v) is 2.80. The number of nitrogens with zero attached hydrogens (tertiary/aromatic N) is 1. The molecule has 1 fully saturated rings. The molecular weight excluding hydrogens is 236 g/mol. The van der Waals surface area contributed by atoms with Gasteiger partial charge in [-0.2, -0.15) is 0 Å². The number of rotatable bonds is 5. The van der Waals surface area contributed by atoms with E-state index in [-0.39, 0.29) is 24.7 Å². The van der Waals surface area contributed by atoms with Crippen molar-refractivity contribution in [2.45, 2.75) is 45.3 Å². The fourth-order valence-corrected chi connectivity index (χ4v) is 2.05. The molecule has 6 nitrogen and oxygen atoms in total. The van der Waals surface area contributed by atoms with Crippen LogP contribution in [-0.4, -0.2) is 53.8 Å². The number of unbranched alkanes of at least 4 members (excludes halogenated alkanes) is 1. The van der Waals surface area contributed by atoms with Crippen LogP contribution in [0.2, 0.25) is 0 Å². The maximum atomic E-state index is 11.8. The van der Waals surface area contributed by atoms with Crippen LogP contribution in [0.3, 0.4) is 0 Å². The molecule has 0 aromatic rings. The zero-order valence-corrected chi connectivity index (χ0v) is 11.0. The van der Waals surface area contributed by atoms with Gasteiger partial charge in [-0.05, 0) is 26.7 Å². The maximum Gasteiger partial charge on any atom is 0.317 e. The first-order valence-corrected chi connectivity index (χ1v) is 6.39. The Labute approximate surface area is 107 Å². The molecule has 2 atom stereocenters. The average Bonchev–Trinajstić information content (AvgIpc) is 2.26. The Morgan fingerprint density at radius 3 is 2.44 bits per heavy atom. The van der Waals surface area contributed by atoms with Crippen LogP contribution in [0.4, 0.5) is 4.79 Å². The Bertz CT molecular complexity index is 286. The monoisotopic (exact) mass is 258 g/mol. The van der Waals surface area contributed by atoms with Crippen LogP contribution in [0.5, 0.6) is 0 Å². The van der Waals surface area contributed by atoms with E-state index in [4.69, 9.17) is 9.84 Å². The van der Waals surface area contributed by atoms with Crippen LogP contribution in [0.15, 0.2) is 0 Å². The van der Waals surface area contributed by atoms with E-state index in [1.165, 1.54) is 0 Å². The largest absolute Gasteiger partial charge is 0.481 e. The van der Waals surface area contributed by atoms with E-state index in [0.29, 0.717) is 32.5 Å². The van der Waals surface area contributed by atoms with Gasteiger partial charge in [-0.15, -0.1) is 0 Å². The molecule has 0 aromatic carbocycles. The van der Waals surface area contributed by atoms with Gasteiger partial charge < -0.3 is 20.1 Å². The third kappa shape index (κ3) is 5.35. The molecule has 1 aliphatic heterocycles. The molecule has 2 amide bonds. The number of hydrogen-bond donors (Lipinski definition) is 2. The molecule has 1 aliphatic rings. The van der Waals surface area contributed by atoms with Gasteiger partial charge in [0.05, 0.1) is 12.2 Å². The van der Waals surface area contributed by atoms with Crippen molar-refractivity contribution >= 4 is 12.0 Å². The second-order valence-electron chi connectivity index (χ2n) is 4.75. The summed E-state index contributed by atoms with van der Waals surface area (Å²) in [5.74, 6) is -0.794. The molecule has 18 heavy (non-hydrogen) atoms. The van der Waals surface area contributed by atoms with Crippen LogP contribution in [-0.2, 0) is 9.53 Å². The lowest BCUT2D eigenvalue weighted by Gasteiger charge is -2.35. The molecule has 0 saturated carbocycles. The number of carbonyl (C=O) groups excluding carboxylic acids is 1. The van der Waals surface area contributed by atoms with Gasteiger partial charge in [0.1, 0.15) is 0 Å². The van der Waals surface area contributed by atoms with Crippen LogP contribution in [0.25, 0.3) is 0 Å². The first kappa shape index (κ1) is 14.8. The molecule has 0 spiro atoms. The first-order chi connectivity index (χ1) is 8.49. The smallest absolute Gasteiger partial charge is 0.317 e. The van der Waals surface area contributed by atoms with Crippen molar-refractivity contribution in [2.75, 3.05) is 19.6 Å². The summed E-state index contributed by atoms with van der Waals surface area (Å²) in [7, 11) is 0. The lowest BCUT2D eigenvalue weighted by atomic mass is 10.2. The third-order valence-electron chi connectivity index (χ3n) is 2.80. The number of ether oxygens (including phenoxy) is 1. The van der Waals surface area contributed by atoms with Crippen LogP contribution >= 0.6 is 0 Å². The summed E-state index contributed by atoms with van der Waals surface area (Å²) in [6, 6.07) is -0.0904. The normalized spacial score (nSPS) is 23.8. The molecule has 0 aromatic heterocycles. The van der Waals surface area contributed by atoms with Crippen molar-refractivity contribution < 1.29 is 19.4 Å². The van der Waals surface area contributed by atoms with E-state index in [1.54, 1.807) is 4.90 Å². The molecule has 2 N–H and O–H groups in total. The predicted octanol–water partition coefficient (Wildman–Crippen LogP) is 1.06. The maximum absolute atomic E-state index is 11.8. The van der Waals surface area contributed by atoms with Gasteiger partial charge >= 0.3 is 12.0 Å². The van der Waals surface area contributed by atoms with Crippen LogP contribution in [0, 0.1) is 0 Å². The van der Waals surface area contributed by atoms with Crippen LogP contribution < -0.4 is 5.32 Å². The highest BCUT2D eigenvalue weighted by Gasteiger charge is 2.25. The van der Waals surface area contributed by atoms with Gasteiger partial charge in [-0.25, -0.2) is 4.79 Å². The number of carbonyl (C=O) groups is 2. The highest BCUT2D eigenvalue weighted by Crippen LogP contribution is 2.10. The molecule has 1 saturated heterocycles. The lowest BCUT2D eigenvalue weighted by Crippen LogP contribution is -2.51. The van der Waals surface area contributed by atoms with Crippen molar-refractivity contribution in [1.82, 2.24) is 10.2 Å². The number of morpholine rings is 1. The first-order valence-electron chi connectivity index (χ1n) is 6.39. The van der Waals surface area contributed by atoms with Crippen molar-refractivity contribution in [3.8, 4) is 0 Å². The van der Waals surface area contributed by atoms with E-state index >= 15 is 0 Å². The number of carboxylic acid groups (broad SMARTS) is 1.